The number of carbonyl (C=O) groups excluding carboxylic acids is 1. The SMILES string of the molecule is CC(=O)Nc1nc(-c2cc3cc(Br)ccc3oc2=O)cs1. The molecule has 21 heavy (non-hydrogen) atoms. The molecule has 106 valence electrons. The molecule has 0 aliphatic carbocycles. The van der Waals surface area contributed by atoms with Crippen LogP contribution in [-0.2, 0) is 4.79 Å². The first kappa shape index (κ1) is 14.0. The van der Waals surface area contributed by atoms with Crippen LogP contribution in [0.15, 0.2) is 43.3 Å². The molecule has 7 heteroatoms. The molecule has 1 aromatic carbocycles. The predicted molar refractivity (Wildman–Crippen MR) is 85.6 cm³/mol. The van der Waals surface area contributed by atoms with E-state index in [9.17, 15) is 9.59 Å². The van der Waals surface area contributed by atoms with Gasteiger partial charge in [-0.25, -0.2) is 9.78 Å². The number of nitrogens with zero attached hydrogens (tertiary/aromatic N) is 1. The molecule has 0 bridgehead atoms. The van der Waals surface area contributed by atoms with Crippen molar-refractivity contribution in [1.29, 1.82) is 0 Å². The van der Waals surface area contributed by atoms with Gasteiger partial charge in [0.1, 0.15) is 5.58 Å². The van der Waals surface area contributed by atoms with E-state index in [2.05, 4.69) is 26.2 Å². The van der Waals surface area contributed by atoms with Crippen molar-refractivity contribution >= 4 is 49.3 Å². The van der Waals surface area contributed by atoms with Crippen LogP contribution in [0, 0.1) is 0 Å². The molecule has 0 atom stereocenters. The minimum atomic E-state index is -0.454. The predicted octanol–water partition coefficient (Wildman–Crippen LogP) is 3.64. The maximum atomic E-state index is 12.0. The zero-order chi connectivity index (χ0) is 15.0. The van der Waals surface area contributed by atoms with Gasteiger partial charge in [-0.1, -0.05) is 15.9 Å². The smallest absolute Gasteiger partial charge is 0.345 e. The Kier molecular flexibility index (Phi) is 3.60. The van der Waals surface area contributed by atoms with Gasteiger partial charge in [0.05, 0.1) is 11.3 Å². The van der Waals surface area contributed by atoms with Gasteiger partial charge in [0.15, 0.2) is 5.13 Å². The van der Waals surface area contributed by atoms with Crippen molar-refractivity contribution in [3.05, 3.63) is 44.5 Å². The third-order valence-electron chi connectivity index (χ3n) is 2.76. The molecule has 0 fully saturated rings. The molecule has 1 N–H and O–H groups in total. The lowest BCUT2D eigenvalue weighted by Crippen LogP contribution is -2.06. The van der Waals surface area contributed by atoms with E-state index < -0.39 is 5.63 Å². The molecule has 0 aliphatic rings. The van der Waals surface area contributed by atoms with Crippen LogP contribution < -0.4 is 10.9 Å². The molecule has 1 amide bonds. The first-order chi connectivity index (χ1) is 10.0. The Morgan fingerprint density at radius 1 is 1.38 bits per heavy atom. The van der Waals surface area contributed by atoms with Gasteiger partial charge in [-0.15, -0.1) is 11.3 Å². The number of fused-ring (bicyclic) bond motifs is 1. The first-order valence-corrected chi connectivity index (χ1v) is 7.67. The topological polar surface area (TPSA) is 72.2 Å². The van der Waals surface area contributed by atoms with Gasteiger partial charge >= 0.3 is 5.63 Å². The summed E-state index contributed by atoms with van der Waals surface area (Å²) in [6.45, 7) is 1.41. The molecule has 0 saturated heterocycles. The van der Waals surface area contributed by atoms with Crippen molar-refractivity contribution in [2.24, 2.45) is 0 Å². The summed E-state index contributed by atoms with van der Waals surface area (Å²) in [5, 5.41) is 5.55. The molecule has 2 heterocycles. The summed E-state index contributed by atoms with van der Waals surface area (Å²) in [5.41, 5.74) is 0.918. The average Bonchev–Trinajstić information content (AvgIpc) is 2.86. The van der Waals surface area contributed by atoms with E-state index in [1.165, 1.54) is 18.3 Å². The van der Waals surface area contributed by atoms with Crippen LogP contribution in [0.2, 0.25) is 0 Å². The molecule has 0 spiro atoms. The van der Waals surface area contributed by atoms with E-state index in [-0.39, 0.29) is 5.91 Å². The maximum absolute atomic E-state index is 12.0. The van der Waals surface area contributed by atoms with Crippen LogP contribution in [0.1, 0.15) is 6.92 Å². The van der Waals surface area contributed by atoms with E-state index in [0.29, 0.717) is 22.0 Å². The number of halogens is 1. The Balaban J connectivity index is 2.11. The number of thiazole rings is 1. The Bertz CT molecular complexity index is 901. The molecule has 0 unspecified atom stereocenters. The number of benzene rings is 1. The van der Waals surface area contributed by atoms with Gasteiger partial charge in [0.2, 0.25) is 5.91 Å². The molecular formula is C14H9BrN2O3S. The zero-order valence-electron chi connectivity index (χ0n) is 10.8. The van der Waals surface area contributed by atoms with Gasteiger partial charge in [-0.05, 0) is 24.3 Å². The summed E-state index contributed by atoms with van der Waals surface area (Å²) >= 11 is 4.64. The van der Waals surface area contributed by atoms with E-state index in [0.717, 1.165) is 9.86 Å². The third kappa shape index (κ3) is 2.88. The first-order valence-electron chi connectivity index (χ1n) is 6.00. The summed E-state index contributed by atoms with van der Waals surface area (Å²) in [7, 11) is 0. The van der Waals surface area contributed by atoms with Crippen molar-refractivity contribution in [2.45, 2.75) is 6.92 Å². The number of carbonyl (C=O) groups is 1. The van der Waals surface area contributed by atoms with Crippen LogP contribution in [0.3, 0.4) is 0 Å². The monoisotopic (exact) mass is 364 g/mol. The molecule has 2 aromatic heterocycles. The van der Waals surface area contributed by atoms with E-state index in [1.807, 2.05) is 12.1 Å². The number of hydrogen-bond acceptors (Lipinski definition) is 5. The fourth-order valence-electron chi connectivity index (χ4n) is 1.88. The Labute approximate surface area is 131 Å². The average molecular weight is 365 g/mol. The Hall–Kier alpha value is -1.99. The lowest BCUT2D eigenvalue weighted by atomic mass is 10.1. The molecular weight excluding hydrogens is 356 g/mol. The number of aromatic nitrogens is 1. The van der Waals surface area contributed by atoms with E-state index >= 15 is 0 Å². The van der Waals surface area contributed by atoms with Crippen LogP contribution in [-0.4, -0.2) is 10.9 Å². The van der Waals surface area contributed by atoms with Crippen LogP contribution >= 0.6 is 27.3 Å². The molecule has 0 saturated carbocycles. The van der Waals surface area contributed by atoms with Crippen LogP contribution in [0.4, 0.5) is 5.13 Å². The highest BCUT2D eigenvalue weighted by atomic mass is 79.9. The van der Waals surface area contributed by atoms with Gasteiger partial charge in [-0.2, -0.15) is 0 Å². The largest absolute Gasteiger partial charge is 0.422 e. The van der Waals surface area contributed by atoms with E-state index in [4.69, 9.17) is 4.42 Å². The molecule has 5 nitrogen and oxygen atoms in total. The second-order valence-corrected chi connectivity index (χ2v) is 6.12. The molecule has 3 aromatic rings. The van der Waals surface area contributed by atoms with Crippen molar-refractivity contribution < 1.29 is 9.21 Å². The fourth-order valence-corrected chi connectivity index (χ4v) is 3.01. The van der Waals surface area contributed by atoms with Crippen LogP contribution in [0.25, 0.3) is 22.2 Å². The second-order valence-electron chi connectivity index (χ2n) is 4.35. The molecule has 3 rings (SSSR count). The molecule has 0 aliphatic heterocycles. The Morgan fingerprint density at radius 3 is 2.95 bits per heavy atom. The normalized spacial score (nSPS) is 10.8. The highest BCUT2D eigenvalue weighted by molar-refractivity contribution is 9.10. The zero-order valence-corrected chi connectivity index (χ0v) is 13.2. The summed E-state index contributed by atoms with van der Waals surface area (Å²) in [6.07, 6.45) is 0. The minimum Gasteiger partial charge on any atom is -0.422 e. The third-order valence-corrected chi connectivity index (χ3v) is 4.01. The van der Waals surface area contributed by atoms with Gasteiger partial charge in [-0.3, -0.25) is 4.79 Å². The standard InChI is InChI=1S/C14H9BrN2O3S/c1-7(18)16-14-17-11(6-21-14)10-5-8-4-9(15)2-3-12(8)20-13(10)19/h2-6H,1H3,(H,16,17,18). The Morgan fingerprint density at radius 2 is 2.19 bits per heavy atom. The summed E-state index contributed by atoms with van der Waals surface area (Å²) in [4.78, 5) is 27.3. The summed E-state index contributed by atoms with van der Waals surface area (Å²) in [5.74, 6) is -0.203. The van der Waals surface area contributed by atoms with Gasteiger partial charge in [0, 0.05) is 22.2 Å². The number of amides is 1. The van der Waals surface area contributed by atoms with Crippen molar-refractivity contribution in [1.82, 2.24) is 4.98 Å². The van der Waals surface area contributed by atoms with Gasteiger partial charge < -0.3 is 9.73 Å². The minimum absolute atomic E-state index is 0.203. The highest BCUT2D eigenvalue weighted by Crippen LogP contribution is 2.26. The maximum Gasteiger partial charge on any atom is 0.345 e. The van der Waals surface area contributed by atoms with Crippen LogP contribution in [0.5, 0.6) is 0 Å². The van der Waals surface area contributed by atoms with E-state index in [1.54, 1.807) is 17.5 Å². The second kappa shape index (κ2) is 5.42. The van der Waals surface area contributed by atoms with Crippen molar-refractivity contribution in [3.8, 4) is 11.3 Å². The summed E-state index contributed by atoms with van der Waals surface area (Å²) < 4.78 is 6.19. The van der Waals surface area contributed by atoms with Crippen molar-refractivity contribution in [3.63, 3.8) is 0 Å². The molecule has 0 radical (unpaired) electrons. The van der Waals surface area contributed by atoms with Crippen molar-refractivity contribution in [2.75, 3.05) is 5.32 Å². The highest BCUT2D eigenvalue weighted by Gasteiger charge is 2.12. The quantitative estimate of drug-likeness (QED) is 0.704. The summed E-state index contributed by atoms with van der Waals surface area (Å²) in [6, 6.07) is 7.14. The lowest BCUT2D eigenvalue weighted by Gasteiger charge is -2.00. The number of rotatable bonds is 2. The fraction of sp³-hybridized carbons (Fsp3) is 0.0714. The number of hydrogen-bond donors (Lipinski definition) is 1. The van der Waals surface area contributed by atoms with Gasteiger partial charge in [0.25, 0.3) is 0 Å². The number of anilines is 1. The number of nitrogens with one attached hydrogen (secondary N) is 1. The lowest BCUT2D eigenvalue weighted by molar-refractivity contribution is -0.114.